The highest BCUT2D eigenvalue weighted by molar-refractivity contribution is 7.99. The maximum Gasteiger partial charge on any atom is 0.408 e. The van der Waals surface area contributed by atoms with Crippen molar-refractivity contribution in [1.29, 1.82) is 0 Å². The second-order valence-electron chi connectivity index (χ2n) is 11.4. The lowest BCUT2D eigenvalue weighted by molar-refractivity contribution is -0.268. The van der Waals surface area contributed by atoms with Crippen molar-refractivity contribution >= 4 is 29.7 Å². The van der Waals surface area contributed by atoms with Gasteiger partial charge >= 0.3 is 6.09 Å². The summed E-state index contributed by atoms with van der Waals surface area (Å²) in [5.41, 5.74) is 4.13. The molecule has 3 N–H and O–H groups in total. The van der Waals surface area contributed by atoms with Crippen LogP contribution in [0.15, 0.2) is 90.3 Å². The van der Waals surface area contributed by atoms with E-state index < -0.39 is 24.3 Å². The number of carbonyl (C=O) groups excluding carboxylic acids is 3. The van der Waals surface area contributed by atoms with E-state index in [1.807, 2.05) is 78.9 Å². The van der Waals surface area contributed by atoms with E-state index in [4.69, 9.17) is 14.2 Å². The molecule has 6 rings (SSSR count). The molecule has 0 aliphatic carbocycles. The van der Waals surface area contributed by atoms with Gasteiger partial charge in [0.25, 0.3) is 5.91 Å². The van der Waals surface area contributed by atoms with Crippen LogP contribution in [0.2, 0.25) is 0 Å². The molecule has 2 fully saturated rings. The average molecular weight is 658 g/mol. The minimum absolute atomic E-state index is 0.00490. The number of amides is 3. The fraction of sp³-hybridized carbons (Fsp3) is 0.324. The standard InChI is InChI=1S/C34H35N5O7S/c1-21-28(19-47-33-35-20-36-38-33)45-32(46-30(21)25-11-9-23(17-40)10-12-25)26-13-7-22(8-14-26)16-39-29(41)15-27(31(39)42)37-34(43)44-18-24-5-3-2-4-6-24/h2-14,20-21,27-28,30,32,40H,15-19H2,1H3,(H,37,43)(H,35,36,38). The number of aromatic amines is 1. The molecule has 3 aromatic carbocycles. The third-order valence-electron chi connectivity index (χ3n) is 8.24. The highest BCUT2D eigenvalue weighted by Gasteiger charge is 2.40. The van der Waals surface area contributed by atoms with Crippen molar-refractivity contribution in [1.82, 2.24) is 25.4 Å². The van der Waals surface area contributed by atoms with E-state index in [1.54, 1.807) is 0 Å². The summed E-state index contributed by atoms with van der Waals surface area (Å²) in [5.74, 6) is -0.230. The molecule has 5 unspecified atom stereocenters. The topological polar surface area (TPSA) is 156 Å². The first-order valence-electron chi connectivity index (χ1n) is 15.3. The zero-order valence-electron chi connectivity index (χ0n) is 25.7. The van der Waals surface area contributed by atoms with Gasteiger partial charge in [-0.2, -0.15) is 5.10 Å². The highest BCUT2D eigenvalue weighted by Crippen LogP contribution is 2.42. The molecule has 0 bridgehead atoms. The van der Waals surface area contributed by atoms with Crippen molar-refractivity contribution in [2.24, 2.45) is 5.92 Å². The molecule has 0 spiro atoms. The molecule has 2 aliphatic rings. The van der Waals surface area contributed by atoms with E-state index in [0.29, 0.717) is 10.9 Å². The van der Waals surface area contributed by atoms with E-state index >= 15 is 0 Å². The molecule has 12 nitrogen and oxygen atoms in total. The maximum absolute atomic E-state index is 13.0. The molecule has 47 heavy (non-hydrogen) atoms. The van der Waals surface area contributed by atoms with Crippen LogP contribution in [0, 0.1) is 5.92 Å². The summed E-state index contributed by atoms with van der Waals surface area (Å²) in [7, 11) is 0. The Labute approximate surface area is 275 Å². The van der Waals surface area contributed by atoms with Crippen molar-refractivity contribution in [2.75, 3.05) is 5.75 Å². The van der Waals surface area contributed by atoms with Crippen LogP contribution in [0.5, 0.6) is 0 Å². The second-order valence-corrected chi connectivity index (χ2v) is 12.5. The van der Waals surface area contributed by atoms with Gasteiger partial charge < -0.3 is 24.6 Å². The summed E-state index contributed by atoms with van der Waals surface area (Å²) in [6, 6.07) is 23.3. The number of aliphatic hydroxyl groups excluding tert-OH is 1. The summed E-state index contributed by atoms with van der Waals surface area (Å²) >= 11 is 1.52. The number of rotatable bonds is 11. The summed E-state index contributed by atoms with van der Waals surface area (Å²) in [5, 5.41) is 19.5. The minimum Gasteiger partial charge on any atom is -0.445 e. The number of imide groups is 1. The Morgan fingerprint density at radius 1 is 1.00 bits per heavy atom. The zero-order valence-corrected chi connectivity index (χ0v) is 26.5. The number of H-pyrrole nitrogens is 1. The van der Waals surface area contributed by atoms with Crippen LogP contribution in [0.25, 0.3) is 0 Å². The molecule has 5 atom stereocenters. The Balaban J connectivity index is 1.10. The number of aromatic nitrogens is 3. The lowest BCUT2D eigenvalue weighted by atomic mass is 9.91. The van der Waals surface area contributed by atoms with Crippen molar-refractivity contribution in [3.05, 3.63) is 113 Å². The highest BCUT2D eigenvalue weighted by atomic mass is 32.2. The lowest BCUT2D eigenvalue weighted by Crippen LogP contribution is -2.41. The third kappa shape index (κ3) is 7.88. The zero-order chi connectivity index (χ0) is 32.8. The second kappa shape index (κ2) is 14.9. The predicted molar refractivity (Wildman–Crippen MR) is 170 cm³/mol. The summed E-state index contributed by atoms with van der Waals surface area (Å²) in [6.07, 6.45) is -0.553. The number of hydrogen-bond donors (Lipinski definition) is 3. The van der Waals surface area contributed by atoms with E-state index in [2.05, 4.69) is 27.4 Å². The normalized spacial score (nSPS) is 22.8. The van der Waals surface area contributed by atoms with Gasteiger partial charge in [-0.15, -0.1) is 0 Å². The molecule has 3 heterocycles. The van der Waals surface area contributed by atoms with Crippen LogP contribution >= 0.6 is 11.8 Å². The Hall–Kier alpha value is -4.56. The van der Waals surface area contributed by atoms with E-state index in [0.717, 1.165) is 32.7 Å². The van der Waals surface area contributed by atoms with Crippen LogP contribution in [0.3, 0.4) is 0 Å². The molecular formula is C34H35N5O7S. The van der Waals surface area contributed by atoms with Crippen LogP contribution in [-0.4, -0.2) is 61.0 Å². The van der Waals surface area contributed by atoms with Gasteiger partial charge in [0, 0.05) is 17.2 Å². The van der Waals surface area contributed by atoms with Crippen molar-refractivity contribution in [3.63, 3.8) is 0 Å². The maximum atomic E-state index is 13.0. The molecule has 0 radical (unpaired) electrons. The largest absolute Gasteiger partial charge is 0.445 e. The Kier molecular flexibility index (Phi) is 10.3. The minimum atomic E-state index is -0.980. The fourth-order valence-electron chi connectivity index (χ4n) is 5.57. The van der Waals surface area contributed by atoms with Gasteiger partial charge in [-0.25, -0.2) is 9.78 Å². The van der Waals surface area contributed by atoms with Gasteiger partial charge in [-0.05, 0) is 22.3 Å². The van der Waals surface area contributed by atoms with Gasteiger partial charge in [0.15, 0.2) is 11.4 Å². The molecule has 2 aliphatic heterocycles. The average Bonchev–Trinajstić information content (AvgIpc) is 3.72. The van der Waals surface area contributed by atoms with Crippen LogP contribution < -0.4 is 5.32 Å². The quantitative estimate of drug-likeness (QED) is 0.156. The Bertz CT molecular complexity index is 1650. The molecule has 2 saturated heterocycles. The molecule has 13 heteroatoms. The summed E-state index contributed by atoms with van der Waals surface area (Å²) in [6.45, 7) is 2.17. The molecule has 1 aromatic heterocycles. The molecule has 4 aromatic rings. The third-order valence-corrected chi connectivity index (χ3v) is 9.21. The van der Waals surface area contributed by atoms with E-state index in [-0.39, 0.29) is 50.2 Å². The van der Waals surface area contributed by atoms with Gasteiger partial charge in [-0.1, -0.05) is 97.5 Å². The van der Waals surface area contributed by atoms with Gasteiger partial charge in [0.05, 0.1) is 31.8 Å². The number of carbonyl (C=O) groups is 3. The fourth-order valence-corrected chi connectivity index (χ4v) is 6.51. The van der Waals surface area contributed by atoms with Crippen LogP contribution in [-0.2, 0) is 43.6 Å². The lowest BCUT2D eigenvalue weighted by Gasteiger charge is -2.41. The number of alkyl carbamates (subject to hydrolysis) is 1. The van der Waals surface area contributed by atoms with Crippen molar-refractivity contribution in [3.8, 4) is 0 Å². The number of hydrogen-bond acceptors (Lipinski definition) is 10. The first-order valence-corrected chi connectivity index (χ1v) is 16.3. The first kappa shape index (κ1) is 32.4. The van der Waals surface area contributed by atoms with Gasteiger partial charge in [0.1, 0.15) is 19.0 Å². The van der Waals surface area contributed by atoms with Crippen LogP contribution in [0.1, 0.15) is 53.6 Å². The van der Waals surface area contributed by atoms with Crippen molar-refractivity contribution < 1.29 is 33.7 Å². The van der Waals surface area contributed by atoms with Gasteiger partial charge in [-0.3, -0.25) is 19.6 Å². The number of aliphatic hydroxyl groups is 1. The molecule has 0 saturated carbocycles. The molecular weight excluding hydrogens is 622 g/mol. The monoisotopic (exact) mass is 657 g/mol. The Morgan fingerprint density at radius 2 is 1.72 bits per heavy atom. The van der Waals surface area contributed by atoms with E-state index in [9.17, 15) is 19.5 Å². The van der Waals surface area contributed by atoms with Crippen molar-refractivity contribution in [2.45, 2.75) is 62.8 Å². The molecule has 3 amide bonds. The van der Waals surface area contributed by atoms with E-state index in [1.165, 1.54) is 18.1 Å². The number of nitrogens with zero attached hydrogens (tertiary/aromatic N) is 3. The summed E-state index contributed by atoms with van der Waals surface area (Å²) in [4.78, 5) is 43.4. The number of likely N-dealkylation sites (tertiary alicyclic amines) is 1. The summed E-state index contributed by atoms with van der Waals surface area (Å²) < 4.78 is 18.2. The number of ether oxygens (including phenoxy) is 3. The molecule has 244 valence electrons. The Morgan fingerprint density at radius 3 is 2.43 bits per heavy atom. The SMILES string of the molecule is CC1C(CSc2ncn[nH]2)OC(c2ccc(CN3C(=O)CC(NC(=O)OCc4ccccc4)C3=O)cc2)OC1c1ccc(CO)cc1. The van der Waals surface area contributed by atoms with Crippen LogP contribution in [0.4, 0.5) is 4.79 Å². The number of benzene rings is 3. The first-order chi connectivity index (χ1) is 22.9. The smallest absolute Gasteiger partial charge is 0.408 e. The van der Waals surface area contributed by atoms with Gasteiger partial charge in [0.2, 0.25) is 5.91 Å². The predicted octanol–water partition coefficient (Wildman–Crippen LogP) is 4.43. The number of nitrogens with one attached hydrogen (secondary N) is 2. The number of thioether (sulfide) groups is 1.